The van der Waals surface area contributed by atoms with Gasteiger partial charge in [-0.2, -0.15) is 47.1 Å². The van der Waals surface area contributed by atoms with Crippen molar-refractivity contribution in [3.8, 4) is 12.1 Å². The van der Waals surface area contributed by atoms with Crippen LogP contribution >= 0.6 is 0 Å². The number of nitriles is 2. The molecular formula is C48H36F6N10O5S2. The van der Waals surface area contributed by atoms with Crippen molar-refractivity contribution in [1.29, 1.82) is 10.5 Å². The SMILES string of the molecule is Cc1c(NC(=O)c2cc(S(C)(=O)=O)nc3ccccc23)c(C(F)(F)F)nn1Cc1ccc(C#N)cc1.Cc1c(NC(=O)c2cc(S(C)=O)nc3ccccc23)c(C(F)(F)F)nn1Cc1ccc(C#N)cc1. The minimum Gasteiger partial charge on any atom is -0.319 e. The van der Waals surface area contributed by atoms with Gasteiger partial charge in [-0.25, -0.2) is 18.4 Å². The number of sulfone groups is 1. The van der Waals surface area contributed by atoms with Crippen LogP contribution in [0.3, 0.4) is 0 Å². The first kappa shape index (κ1) is 50.6. The van der Waals surface area contributed by atoms with Crippen molar-refractivity contribution in [2.45, 2.75) is 49.3 Å². The number of benzene rings is 4. The molecule has 0 fully saturated rings. The smallest absolute Gasteiger partial charge is 0.319 e. The molecule has 4 aromatic carbocycles. The van der Waals surface area contributed by atoms with E-state index in [1.165, 1.54) is 50.4 Å². The van der Waals surface area contributed by atoms with Crippen LogP contribution in [0.1, 0.15) is 65.7 Å². The predicted molar refractivity (Wildman–Crippen MR) is 249 cm³/mol. The lowest BCUT2D eigenvalue weighted by Gasteiger charge is -2.12. The predicted octanol–water partition coefficient (Wildman–Crippen LogP) is 9.00. The molecule has 71 heavy (non-hydrogen) atoms. The Balaban J connectivity index is 0.000000209. The van der Waals surface area contributed by atoms with E-state index in [-0.39, 0.29) is 56.6 Å². The van der Waals surface area contributed by atoms with Crippen molar-refractivity contribution in [1.82, 2.24) is 29.5 Å². The van der Waals surface area contributed by atoms with E-state index in [0.717, 1.165) is 21.7 Å². The normalized spacial score (nSPS) is 12.1. The maximum atomic E-state index is 13.9. The maximum absolute atomic E-state index is 13.9. The molecule has 2 amide bonds. The molecule has 362 valence electrons. The van der Waals surface area contributed by atoms with Crippen molar-refractivity contribution < 1.29 is 48.6 Å². The van der Waals surface area contributed by atoms with Gasteiger partial charge in [-0.15, -0.1) is 0 Å². The van der Waals surface area contributed by atoms with Crippen LogP contribution in [0.5, 0.6) is 0 Å². The fourth-order valence-electron chi connectivity index (χ4n) is 7.19. The topological polar surface area (TPSA) is 218 Å². The van der Waals surface area contributed by atoms with Crippen LogP contribution < -0.4 is 10.6 Å². The number of alkyl halides is 6. The zero-order valence-corrected chi connectivity index (χ0v) is 39.1. The third kappa shape index (κ3) is 11.3. The summed E-state index contributed by atoms with van der Waals surface area (Å²) < 4.78 is 122. The van der Waals surface area contributed by atoms with E-state index in [2.05, 4.69) is 30.8 Å². The van der Waals surface area contributed by atoms with E-state index in [4.69, 9.17) is 10.5 Å². The van der Waals surface area contributed by atoms with Crippen LogP contribution in [0, 0.1) is 36.5 Å². The van der Waals surface area contributed by atoms with Crippen molar-refractivity contribution in [2.75, 3.05) is 23.1 Å². The minimum atomic E-state index is -4.87. The Kier molecular flexibility index (Phi) is 14.2. The molecule has 0 aliphatic carbocycles. The Morgan fingerprint density at radius 1 is 0.648 bits per heavy atom. The standard InChI is InChI=1S/C24H18F3N5O3S.C24H18F3N5O2S/c1-14-21(22(24(25,26)27)31-32(14)13-16-9-7-15(12-28)8-10-16)30-23(33)18-11-20(36(2,34)35)29-19-6-4-3-5-17(18)19;1-14-21(22(24(25,26)27)31-32(14)13-16-9-7-15(12-28)8-10-16)30-23(33)18-11-20(35(2)34)29-19-6-4-3-5-17(18)19/h3-11H,13H2,1-2H3,(H,30,33);3-11H,13H2,1-2H3,(H,30,33). The van der Waals surface area contributed by atoms with E-state index < -0.39 is 67.6 Å². The highest BCUT2D eigenvalue weighted by Gasteiger charge is 2.41. The van der Waals surface area contributed by atoms with Crippen molar-refractivity contribution in [3.63, 3.8) is 0 Å². The van der Waals surface area contributed by atoms with E-state index in [1.807, 2.05) is 12.1 Å². The molecule has 2 N–H and O–H groups in total. The maximum Gasteiger partial charge on any atom is 0.437 e. The van der Waals surface area contributed by atoms with Crippen LogP contribution in [-0.4, -0.2) is 66.5 Å². The molecule has 15 nitrogen and oxygen atoms in total. The third-order valence-electron chi connectivity index (χ3n) is 10.8. The lowest BCUT2D eigenvalue weighted by molar-refractivity contribution is -0.141. The molecule has 8 aromatic rings. The van der Waals surface area contributed by atoms with Gasteiger partial charge in [0.15, 0.2) is 26.3 Å². The monoisotopic (exact) mass is 1010 g/mol. The van der Waals surface area contributed by atoms with Gasteiger partial charge in [0.25, 0.3) is 11.8 Å². The number of nitrogens with one attached hydrogen (secondary N) is 2. The molecule has 8 rings (SSSR count). The summed E-state index contributed by atoms with van der Waals surface area (Å²) in [6.07, 6.45) is -7.37. The largest absolute Gasteiger partial charge is 0.437 e. The molecule has 0 saturated heterocycles. The fourth-order valence-corrected chi connectivity index (χ4v) is 8.30. The minimum absolute atomic E-state index is 0.00758. The zero-order valence-electron chi connectivity index (χ0n) is 37.5. The van der Waals surface area contributed by atoms with E-state index in [9.17, 15) is 48.6 Å². The number of carbonyl (C=O) groups excluding carboxylic acids is 2. The molecule has 0 bridgehead atoms. The number of fused-ring (bicyclic) bond motifs is 2. The number of nitrogens with zero attached hydrogens (tertiary/aromatic N) is 8. The van der Waals surface area contributed by atoms with E-state index in [0.29, 0.717) is 33.2 Å². The average Bonchev–Trinajstić information content (AvgIpc) is 3.82. The molecule has 4 heterocycles. The lowest BCUT2D eigenvalue weighted by atomic mass is 10.1. The first-order valence-electron chi connectivity index (χ1n) is 20.7. The van der Waals surface area contributed by atoms with Gasteiger partial charge in [-0.05, 0) is 73.5 Å². The first-order valence-corrected chi connectivity index (χ1v) is 24.1. The number of rotatable bonds is 10. The number of carbonyl (C=O) groups is 2. The van der Waals surface area contributed by atoms with Gasteiger partial charge in [0, 0.05) is 23.3 Å². The summed E-state index contributed by atoms with van der Waals surface area (Å²) in [6, 6.07) is 31.8. The number of aromatic nitrogens is 6. The number of pyridine rings is 2. The summed E-state index contributed by atoms with van der Waals surface area (Å²) >= 11 is 0. The van der Waals surface area contributed by atoms with Gasteiger partial charge in [-0.1, -0.05) is 60.7 Å². The van der Waals surface area contributed by atoms with Crippen molar-refractivity contribution in [2.24, 2.45) is 0 Å². The van der Waals surface area contributed by atoms with Gasteiger partial charge in [0.2, 0.25) is 0 Å². The molecular weight excluding hydrogens is 975 g/mol. The molecule has 0 spiro atoms. The lowest BCUT2D eigenvalue weighted by Crippen LogP contribution is -2.18. The van der Waals surface area contributed by atoms with Crippen LogP contribution in [0.2, 0.25) is 0 Å². The Morgan fingerprint density at radius 3 is 1.42 bits per heavy atom. The Hall–Kier alpha value is -8.28. The van der Waals surface area contributed by atoms with Gasteiger partial charge >= 0.3 is 12.4 Å². The number of halogens is 6. The van der Waals surface area contributed by atoms with Gasteiger partial charge in [-0.3, -0.25) is 23.2 Å². The van der Waals surface area contributed by atoms with Crippen LogP contribution in [0.15, 0.2) is 119 Å². The van der Waals surface area contributed by atoms with Crippen LogP contribution in [-0.2, 0) is 46.1 Å². The number of para-hydroxylation sites is 2. The summed E-state index contributed by atoms with van der Waals surface area (Å²) in [7, 11) is -5.32. The highest BCUT2D eigenvalue weighted by atomic mass is 32.2. The van der Waals surface area contributed by atoms with E-state index in [1.54, 1.807) is 72.8 Å². The second-order valence-electron chi connectivity index (χ2n) is 15.7. The number of hydrogen-bond donors (Lipinski definition) is 2. The molecule has 23 heteroatoms. The highest BCUT2D eigenvalue weighted by molar-refractivity contribution is 7.90. The molecule has 0 saturated carbocycles. The molecule has 0 aliphatic rings. The zero-order chi connectivity index (χ0) is 51.6. The summed E-state index contributed by atoms with van der Waals surface area (Å²) in [5.74, 6) is -1.74. The summed E-state index contributed by atoms with van der Waals surface area (Å²) in [5, 5.41) is 30.4. The Bertz CT molecular complexity index is 3620. The average molecular weight is 1010 g/mol. The number of hydrogen-bond acceptors (Lipinski definition) is 11. The number of amides is 2. The molecule has 4 aromatic heterocycles. The van der Waals surface area contributed by atoms with Crippen LogP contribution in [0.4, 0.5) is 37.7 Å². The first-order chi connectivity index (χ1) is 33.5. The fraction of sp³-hybridized carbons (Fsp3) is 0.167. The van der Waals surface area contributed by atoms with Crippen molar-refractivity contribution >= 4 is 65.6 Å². The Morgan fingerprint density at radius 2 is 1.04 bits per heavy atom. The second-order valence-corrected chi connectivity index (χ2v) is 19.0. The Labute approximate surface area is 402 Å². The van der Waals surface area contributed by atoms with E-state index >= 15 is 0 Å². The molecule has 1 atom stereocenters. The summed E-state index contributed by atoms with van der Waals surface area (Å²) in [5.41, 5.74) is -0.803. The quantitative estimate of drug-likeness (QED) is 0.123. The van der Waals surface area contributed by atoms with Crippen molar-refractivity contribution in [3.05, 3.63) is 165 Å². The van der Waals surface area contributed by atoms with Gasteiger partial charge in [0.05, 0.1) is 92.1 Å². The summed E-state index contributed by atoms with van der Waals surface area (Å²) in [6.45, 7) is 2.79. The number of anilines is 2. The van der Waals surface area contributed by atoms with Gasteiger partial charge < -0.3 is 10.6 Å². The van der Waals surface area contributed by atoms with Gasteiger partial charge in [0.1, 0.15) is 5.03 Å². The molecule has 0 aliphatic heterocycles. The third-order valence-corrected chi connectivity index (χ3v) is 12.6. The molecule has 0 radical (unpaired) electrons. The summed E-state index contributed by atoms with van der Waals surface area (Å²) in [4.78, 5) is 34.7. The van der Waals surface area contributed by atoms with Crippen LogP contribution in [0.25, 0.3) is 21.8 Å². The second kappa shape index (κ2) is 20.0. The molecule has 1 unspecified atom stereocenters. The highest BCUT2D eigenvalue weighted by Crippen LogP contribution is 2.38.